The van der Waals surface area contributed by atoms with E-state index < -0.39 is 0 Å². The summed E-state index contributed by atoms with van der Waals surface area (Å²) >= 11 is 0. The first-order valence-electron chi connectivity index (χ1n) is 10.4. The molecule has 6 heteroatoms. The van der Waals surface area contributed by atoms with E-state index in [9.17, 15) is 4.79 Å². The Bertz CT molecular complexity index is 1280. The van der Waals surface area contributed by atoms with E-state index in [0.29, 0.717) is 29.6 Å². The van der Waals surface area contributed by atoms with E-state index in [1.807, 2.05) is 57.2 Å². The van der Waals surface area contributed by atoms with Gasteiger partial charge in [-0.05, 0) is 67.8 Å². The molecule has 2 heterocycles. The number of aryl methyl sites for hydroxylation is 3. The fourth-order valence-electron chi connectivity index (χ4n) is 3.93. The molecule has 0 saturated carbocycles. The minimum absolute atomic E-state index is 0.246. The predicted octanol–water partition coefficient (Wildman–Crippen LogP) is 5.62. The zero-order chi connectivity index (χ0) is 22.8. The number of ether oxygens (including phenoxy) is 2. The number of rotatable bonds is 6. The van der Waals surface area contributed by atoms with Crippen LogP contribution in [0.2, 0.25) is 0 Å². The summed E-state index contributed by atoms with van der Waals surface area (Å²) < 4.78 is 16.9. The van der Waals surface area contributed by atoms with Crippen molar-refractivity contribution >= 4 is 22.7 Å². The molecule has 0 unspecified atom stereocenters. The molecule has 2 aromatic carbocycles. The van der Waals surface area contributed by atoms with Gasteiger partial charge < -0.3 is 13.9 Å². The fraction of sp³-hybridized carbons (Fsp3) is 0.231. The monoisotopic (exact) mass is 430 g/mol. The predicted molar refractivity (Wildman–Crippen MR) is 125 cm³/mol. The molecule has 0 bridgehead atoms. The van der Waals surface area contributed by atoms with E-state index >= 15 is 0 Å². The van der Waals surface area contributed by atoms with Gasteiger partial charge in [-0.1, -0.05) is 18.2 Å². The van der Waals surface area contributed by atoms with Crippen LogP contribution in [0.3, 0.4) is 0 Å². The normalized spacial score (nSPS) is 10.9. The highest BCUT2D eigenvalue weighted by Gasteiger charge is 2.26. The molecule has 0 aliphatic carbocycles. The summed E-state index contributed by atoms with van der Waals surface area (Å²) in [4.78, 5) is 19.8. The van der Waals surface area contributed by atoms with Crippen molar-refractivity contribution in [3.8, 4) is 11.5 Å². The SMILES string of the molecule is COc1ccc(CN(C(=O)c2oc3c(C)cc(C)cc3c2C)c2ccccn2)cc1OC. The molecule has 32 heavy (non-hydrogen) atoms. The number of nitrogens with zero attached hydrogens (tertiary/aromatic N) is 2. The van der Waals surface area contributed by atoms with Crippen LogP contribution in [0.5, 0.6) is 11.5 Å². The number of furan rings is 1. The van der Waals surface area contributed by atoms with Crippen molar-refractivity contribution in [1.82, 2.24) is 4.98 Å². The molecule has 0 atom stereocenters. The van der Waals surface area contributed by atoms with E-state index in [-0.39, 0.29) is 5.91 Å². The van der Waals surface area contributed by atoms with Crippen LogP contribution in [0.4, 0.5) is 5.82 Å². The minimum atomic E-state index is -0.246. The van der Waals surface area contributed by atoms with Crippen molar-refractivity contribution in [2.75, 3.05) is 19.1 Å². The molecular formula is C26H26N2O4. The quantitative estimate of drug-likeness (QED) is 0.397. The summed E-state index contributed by atoms with van der Waals surface area (Å²) in [6.07, 6.45) is 1.67. The van der Waals surface area contributed by atoms with Gasteiger partial charge in [0.1, 0.15) is 11.4 Å². The summed E-state index contributed by atoms with van der Waals surface area (Å²) in [7, 11) is 3.18. The van der Waals surface area contributed by atoms with Crippen LogP contribution in [0.1, 0.15) is 32.8 Å². The van der Waals surface area contributed by atoms with Crippen LogP contribution in [-0.4, -0.2) is 25.1 Å². The number of anilines is 1. The maximum atomic E-state index is 13.8. The number of methoxy groups -OCH3 is 2. The Morgan fingerprint density at radius 1 is 1.00 bits per heavy atom. The topological polar surface area (TPSA) is 64.8 Å². The Balaban J connectivity index is 1.78. The highest BCUT2D eigenvalue weighted by molar-refractivity contribution is 6.07. The Labute approximate surface area is 187 Å². The molecule has 0 saturated heterocycles. The standard InChI is InChI=1S/C26H26N2O4/c1-16-12-17(2)24-20(13-16)18(3)25(32-24)26(29)28(23-8-6-7-11-27-23)15-19-9-10-21(30-4)22(14-19)31-5/h6-14H,15H2,1-5H3. The number of carbonyl (C=O) groups excluding carboxylic acids is 1. The van der Waals surface area contributed by atoms with Gasteiger partial charge in [0, 0.05) is 17.1 Å². The number of fused-ring (bicyclic) bond motifs is 1. The minimum Gasteiger partial charge on any atom is -0.493 e. The second-order valence-corrected chi connectivity index (χ2v) is 7.78. The summed E-state index contributed by atoms with van der Waals surface area (Å²) in [5, 5.41) is 0.956. The Morgan fingerprint density at radius 3 is 2.47 bits per heavy atom. The van der Waals surface area contributed by atoms with Gasteiger partial charge in [-0.3, -0.25) is 9.69 Å². The van der Waals surface area contributed by atoms with Gasteiger partial charge in [-0.25, -0.2) is 4.98 Å². The smallest absolute Gasteiger partial charge is 0.295 e. The van der Waals surface area contributed by atoms with Gasteiger partial charge in [0.2, 0.25) is 0 Å². The largest absolute Gasteiger partial charge is 0.493 e. The first-order valence-corrected chi connectivity index (χ1v) is 10.4. The molecule has 0 fully saturated rings. The van der Waals surface area contributed by atoms with E-state index in [4.69, 9.17) is 13.9 Å². The zero-order valence-corrected chi connectivity index (χ0v) is 18.9. The fourth-order valence-corrected chi connectivity index (χ4v) is 3.93. The third kappa shape index (κ3) is 3.91. The number of hydrogen-bond donors (Lipinski definition) is 0. The van der Waals surface area contributed by atoms with E-state index in [1.165, 1.54) is 0 Å². The van der Waals surface area contributed by atoms with Gasteiger partial charge in [0.05, 0.1) is 20.8 Å². The molecule has 1 amide bonds. The van der Waals surface area contributed by atoms with Crippen LogP contribution in [-0.2, 0) is 6.54 Å². The number of carbonyl (C=O) groups is 1. The second kappa shape index (κ2) is 8.75. The van der Waals surface area contributed by atoms with Crippen molar-refractivity contribution in [3.05, 3.63) is 82.7 Å². The van der Waals surface area contributed by atoms with E-state index in [2.05, 4.69) is 17.1 Å². The van der Waals surface area contributed by atoms with Gasteiger partial charge in [0.15, 0.2) is 17.3 Å². The summed E-state index contributed by atoms with van der Waals surface area (Å²) in [5.41, 5.74) is 4.58. The van der Waals surface area contributed by atoms with Crippen LogP contribution >= 0.6 is 0 Å². The first-order chi connectivity index (χ1) is 15.4. The van der Waals surface area contributed by atoms with Crippen LogP contribution in [0, 0.1) is 20.8 Å². The highest BCUT2D eigenvalue weighted by Crippen LogP contribution is 2.32. The number of hydrogen-bond acceptors (Lipinski definition) is 5. The van der Waals surface area contributed by atoms with E-state index in [0.717, 1.165) is 33.2 Å². The van der Waals surface area contributed by atoms with Crippen molar-refractivity contribution < 1.29 is 18.7 Å². The Morgan fingerprint density at radius 2 is 1.78 bits per heavy atom. The van der Waals surface area contributed by atoms with Gasteiger partial charge in [-0.15, -0.1) is 0 Å². The average molecular weight is 431 g/mol. The number of benzene rings is 2. The van der Waals surface area contributed by atoms with Crippen molar-refractivity contribution in [2.45, 2.75) is 27.3 Å². The average Bonchev–Trinajstić information content (AvgIpc) is 3.14. The second-order valence-electron chi connectivity index (χ2n) is 7.78. The van der Waals surface area contributed by atoms with Gasteiger partial charge in [-0.2, -0.15) is 0 Å². The third-order valence-electron chi connectivity index (χ3n) is 5.52. The molecule has 0 aliphatic heterocycles. The van der Waals surface area contributed by atoms with Gasteiger partial charge in [0.25, 0.3) is 5.91 Å². The molecule has 4 rings (SSSR count). The maximum absolute atomic E-state index is 13.8. The molecule has 0 aliphatic rings. The van der Waals surface area contributed by atoms with Crippen molar-refractivity contribution in [1.29, 1.82) is 0 Å². The molecule has 6 nitrogen and oxygen atoms in total. The third-order valence-corrected chi connectivity index (χ3v) is 5.52. The van der Waals surface area contributed by atoms with Crippen molar-refractivity contribution in [2.24, 2.45) is 0 Å². The van der Waals surface area contributed by atoms with Crippen LogP contribution in [0.25, 0.3) is 11.0 Å². The highest BCUT2D eigenvalue weighted by atomic mass is 16.5. The lowest BCUT2D eigenvalue weighted by atomic mass is 10.1. The molecule has 0 radical (unpaired) electrons. The molecule has 164 valence electrons. The number of amides is 1. The molecule has 0 N–H and O–H groups in total. The summed E-state index contributed by atoms with van der Waals surface area (Å²) in [6, 6.07) is 15.2. The Hall–Kier alpha value is -3.80. The van der Waals surface area contributed by atoms with Gasteiger partial charge >= 0.3 is 0 Å². The van der Waals surface area contributed by atoms with Crippen LogP contribution < -0.4 is 14.4 Å². The lowest BCUT2D eigenvalue weighted by Crippen LogP contribution is -2.31. The first kappa shape index (κ1) is 21.4. The maximum Gasteiger partial charge on any atom is 0.295 e. The number of aromatic nitrogens is 1. The van der Waals surface area contributed by atoms with Crippen LogP contribution in [0.15, 0.2) is 59.1 Å². The lowest BCUT2D eigenvalue weighted by molar-refractivity contribution is 0.0959. The Kier molecular flexibility index (Phi) is 5.86. The lowest BCUT2D eigenvalue weighted by Gasteiger charge is -2.21. The molecule has 0 spiro atoms. The van der Waals surface area contributed by atoms with Crippen molar-refractivity contribution in [3.63, 3.8) is 0 Å². The molecule has 2 aromatic heterocycles. The molecule has 4 aromatic rings. The summed E-state index contributed by atoms with van der Waals surface area (Å²) in [5.74, 6) is 1.85. The van der Waals surface area contributed by atoms with E-state index in [1.54, 1.807) is 25.3 Å². The summed E-state index contributed by atoms with van der Waals surface area (Å²) in [6.45, 7) is 6.25. The molecular weight excluding hydrogens is 404 g/mol. The number of pyridine rings is 1. The zero-order valence-electron chi connectivity index (χ0n) is 18.9.